The molecular formula is C18H17N3O4. The van der Waals surface area contributed by atoms with Gasteiger partial charge in [-0.2, -0.15) is 4.98 Å². The number of nitrogens with zero attached hydrogens (tertiary/aromatic N) is 2. The third-order valence-electron chi connectivity index (χ3n) is 3.81. The predicted octanol–water partition coefficient (Wildman–Crippen LogP) is 1.65. The number of aryl methyl sites for hydroxylation is 1. The minimum absolute atomic E-state index is 0.207. The van der Waals surface area contributed by atoms with Crippen molar-refractivity contribution in [3.05, 3.63) is 69.6 Å². The van der Waals surface area contributed by atoms with E-state index in [1.165, 1.54) is 10.6 Å². The molecule has 25 heavy (non-hydrogen) atoms. The Kier molecular flexibility index (Phi) is 4.38. The summed E-state index contributed by atoms with van der Waals surface area (Å²) in [6.45, 7) is 2.05. The molecule has 2 heterocycles. The third-order valence-corrected chi connectivity index (χ3v) is 3.81. The van der Waals surface area contributed by atoms with Crippen molar-refractivity contribution in [1.82, 2.24) is 14.7 Å². The lowest BCUT2D eigenvalue weighted by Gasteiger charge is -2.09. The average molecular weight is 339 g/mol. The highest BCUT2D eigenvalue weighted by molar-refractivity contribution is 5.96. The molecule has 0 unspecified atom stereocenters. The first-order valence-electron chi connectivity index (χ1n) is 7.62. The largest absolute Gasteiger partial charge is 0.497 e. The van der Waals surface area contributed by atoms with Crippen LogP contribution in [-0.2, 0) is 6.54 Å². The summed E-state index contributed by atoms with van der Waals surface area (Å²) in [5, 5.41) is 12.6. The number of amides is 1. The Morgan fingerprint density at radius 1 is 1.28 bits per heavy atom. The number of aromatic hydroxyl groups is 1. The lowest BCUT2D eigenvalue weighted by molar-refractivity contribution is 0.0945. The molecule has 7 heteroatoms. The van der Waals surface area contributed by atoms with E-state index in [4.69, 9.17) is 4.74 Å². The Hall–Kier alpha value is -3.35. The molecule has 1 amide bonds. The molecule has 0 aliphatic rings. The van der Waals surface area contributed by atoms with Gasteiger partial charge >= 0.3 is 0 Å². The van der Waals surface area contributed by atoms with Gasteiger partial charge in [-0.3, -0.25) is 14.0 Å². The molecule has 0 aliphatic heterocycles. The predicted molar refractivity (Wildman–Crippen MR) is 92.0 cm³/mol. The second kappa shape index (κ2) is 6.64. The van der Waals surface area contributed by atoms with Crippen LogP contribution in [0, 0.1) is 6.92 Å². The number of aromatic nitrogens is 2. The fourth-order valence-corrected chi connectivity index (χ4v) is 2.44. The maximum atomic E-state index is 12.5. The third kappa shape index (κ3) is 3.30. The lowest BCUT2D eigenvalue weighted by Crippen LogP contribution is -2.31. The molecule has 1 aromatic carbocycles. The summed E-state index contributed by atoms with van der Waals surface area (Å²) in [5.41, 5.74) is 1.01. The van der Waals surface area contributed by atoms with Gasteiger partial charge in [0.1, 0.15) is 11.4 Å². The van der Waals surface area contributed by atoms with Crippen LogP contribution in [0.25, 0.3) is 5.65 Å². The van der Waals surface area contributed by atoms with Gasteiger partial charge in [-0.15, -0.1) is 0 Å². The minimum Gasteiger partial charge on any atom is -0.497 e. The molecular weight excluding hydrogens is 322 g/mol. The molecule has 0 fully saturated rings. The van der Waals surface area contributed by atoms with Crippen molar-refractivity contribution in [2.75, 3.05) is 7.11 Å². The van der Waals surface area contributed by atoms with Gasteiger partial charge in [0.25, 0.3) is 11.5 Å². The van der Waals surface area contributed by atoms with E-state index in [0.29, 0.717) is 5.75 Å². The van der Waals surface area contributed by atoms with E-state index in [9.17, 15) is 14.7 Å². The van der Waals surface area contributed by atoms with Gasteiger partial charge in [0.2, 0.25) is 5.88 Å². The second-order valence-corrected chi connectivity index (χ2v) is 5.58. The SMILES string of the molecule is COc1ccc(CNC(=O)c2c(O)nc3cc(C)ccn3c2=O)cc1. The first-order valence-corrected chi connectivity index (χ1v) is 7.62. The Balaban J connectivity index is 1.86. The lowest BCUT2D eigenvalue weighted by atomic mass is 10.2. The Bertz CT molecular complexity index is 994. The number of hydrogen-bond acceptors (Lipinski definition) is 5. The number of rotatable bonds is 4. The Morgan fingerprint density at radius 3 is 2.68 bits per heavy atom. The molecule has 2 aromatic heterocycles. The summed E-state index contributed by atoms with van der Waals surface area (Å²) in [6.07, 6.45) is 1.53. The average Bonchev–Trinajstić information content (AvgIpc) is 2.60. The monoisotopic (exact) mass is 339 g/mol. The normalized spacial score (nSPS) is 10.6. The highest BCUT2D eigenvalue weighted by Crippen LogP contribution is 2.14. The molecule has 0 saturated carbocycles. The van der Waals surface area contributed by atoms with Crippen LogP contribution in [0.2, 0.25) is 0 Å². The Morgan fingerprint density at radius 2 is 2.00 bits per heavy atom. The molecule has 0 atom stereocenters. The van der Waals surface area contributed by atoms with Crippen LogP contribution in [0.15, 0.2) is 47.4 Å². The van der Waals surface area contributed by atoms with E-state index >= 15 is 0 Å². The van der Waals surface area contributed by atoms with Crippen LogP contribution in [0.4, 0.5) is 0 Å². The summed E-state index contributed by atoms with van der Waals surface area (Å²) in [4.78, 5) is 28.8. The molecule has 128 valence electrons. The highest BCUT2D eigenvalue weighted by atomic mass is 16.5. The summed E-state index contributed by atoms with van der Waals surface area (Å²) >= 11 is 0. The van der Waals surface area contributed by atoms with E-state index in [0.717, 1.165) is 11.1 Å². The maximum absolute atomic E-state index is 12.5. The summed E-state index contributed by atoms with van der Waals surface area (Å²) in [7, 11) is 1.57. The summed E-state index contributed by atoms with van der Waals surface area (Å²) in [5.74, 6) is -0.552. The molecule has 2 N–H and O–H groups in total. The van der Waals surface area contributed by atoms with Gasteiger partial charge in [0.05, 0.1) is 7.11 Å². The number of hydrogen-bond donors (Lipinski definition) is 2. The standard InChI is InChI=1S/C18H17N3O4/c1-11-7-8-21-14(9-11)20-17(23)15(18(21)24)16(22)19-10-12-3-5-13(25-2)6-4-12/h3-9,23H,10H2,1-2H3,(H,19,22). The number of fused-ring (bicyclic) bond motifs is 1. The second-order valence-electron chi connectivity index (χ2n) is 5.58. The number of ether oxygens (including phenoxy) is 1. The molecule has 0 saturated heterocycles. The molecule has 0 spiro atoms. The minimum atomic E-state index is -0.680. The smallest absolute Gasteiger partial charge is 0.274 e. The molecule has 7 nitrogen and oxygen atoms in total. The van der Waals surface area contributed by atoms with Gasteiger partial charge in [0, 0.05) is 12.7 Å². The van der Waals surface area contributed by atoms with Gasteiger partial charge in [-0.1, -0.05) is 12.1 Å². The van der Waals surface area contributed by atoms with Crippen LogP contribution < -0.4 is 15.6 Å². The fourth-order valence-electron chi connectivity index (χ4n) is 2.44. The zero-order valence-electron chi connectivity index (χ0n) is 13.8. The van der Waals surface area contributed by atoms with E-state index in [-0.39, 0.29) is 17.8 Å². The zero-order chi connectivity index (χ0) is 18.0. The van der Waals surface area contributed by atoms with Gasteiger partial charge in [-0.25, -0.2) is 0 Å². The van der Waals surface area contributed by atoms with Crippen molar-refractivity contribution in [1.29, 1.82) is 0 Å². The van der Waals surface area contributed by atoms with Gasteiger partial charge < -0.3 is 15.2 Å². The van der Waals surface area contributed by atoms with Crippen molar-refractivity contribution >= 4 is 11.6 Å². The summed E-state index contributed by atoms with van der Waals surface area (Å²) in [6, 6.07) is 10.5. The van der Waals surface area contributed by atoms with Gasteiger partial charge in [0.15, 0.2) is 5.56 Å². The number of nitrogens with one attached hydrogen (secondary N) is 1. The summed E-state index contributed by atoms with van der Waals surface area (Å²) < 4.78 is 6.30. The number of carbonyl (C=O) groups is 1. The van der Waals surface area contributed by atoms with Crippen molar-refractivity contribution in [2.45, 2.75) is 13.5 Å². The van der Waals surface area contributed by atoms with Crippen LogP contribution in [0.3, 0.4) is 0 Å². The topological polar surface area (TPSA) is 92.9 Å². The van der Waals surface area contributed by atoms with Gasteiger partial charge in [-0.05, 0) is 42.3 Å². The van der Waals surface area contributed by atoms with Crippen molar-refractivity contribution < 1.29 is 14.6 Å². The number of methoxy groups -OCH3 is 1. The molecule has 3 rings (SSSR count). The molecule has 3 aromatic rings. The maximum Gasteiger partial charge on any atom is 0.274 e. The van der Waals surface area contributed by atoms with Crippen LogP contribution >= 0.6 is 0 Å². The van der Waals surface area contributed by atoms with Crippen LogP contribution in [0.1, 0.15) is 21.5 Å². The molecule has 0 bridgehead atoms. The first-order chi connectivity index (χ1) is 12.0. The fraction of sp³-hybridized carbons (Fsp3) is 0.167. The van der Waals surface area contributed by atoms with Crippen LogP contribution in [-0.4, -0.2) is 27.5 Å². The van der Waals surface area contributed by atoms with Crippen LogP contribution in [0.5, 0.6) is 11.6 Å². The quantitative estimate of drug-likeness (QED) is 0.754. The van der Waals surface area contributed by atoms with Crippen molar-refractivity contribution in [2.24, 2.45) is 0 Å². The van der Waals surface area contributed by atoms with E-state index in [2.05, 4.69) is 10.3 Å². The molecule has 0 aliphatic carbocycles. The van der Waals surface area contributed by atoms with Crippen molar-refractivity contribution in [3.63, 3.8) is 0 Å². The number of benzene rings is 1. The highest BCUT2D eigenvalue weighted by Gasteiger charge is 2.19. The Labute approximate surface area is 143 Å². The number of pyridine rings is 1. The number of carbonyl (C=O) groups excluding carboxylic acids is 1. The molecule has 0 radical (unpaired) electrons. The zero-order valence-corrected chi connectivity index (χ0v) is 13.8. The first kappa shape index (κ1) is 16.5. The van der Waals surface area contributed by atoms with E-state index in [1.54, 1.807) is 43.5 Å². The van der Waals surface area contributed by atoms with E-state index < -0.39 is 17.3 Å². The van der Waals surface area contributed by atoms with E-state index in [1.807, 2.05) is 6.92 Å². The van der Waals surface area contributed by atoms with Crippen molar-refractivity contribution in [3.8, 4) is 11.6 Å².